The topological polar surface area (TPSA) is 43.1 Å². The Bertz CT molecular complexity index is 54.0. The molecule has 0 aliphatic heterocycles. The van der Waals surface area contributed by atoms with Gasteiger partial charge in [-0.3, -0.25) is 0 Å². The molecule has 2 nitrogen and oxygen atoms in total. The van der Waals surface area contributed by atoms with Crippen LogP contribution in [0, 0.1) is 6.92 Å². The van der Waals surface area contributed by atoms with Gasteiger partial charge in [0, 0.05) is 0 Å². The fraction of sp³-hybridized carbons (Fsp3) is 0.600. The molecule has 0 bridgehead atoms. The van der Waals surface area contributed by atoms with Crippen LogP contribution in [0.1, 0.15) is 12.8 Å². The van der Waals surface area contributed by atoms with Gasteiger partial charge >= 0.3 is 0 Å². The van der Waals surface area contributed by atoms with E-state index in [-0.39, 0.29) is 6.04 Å². The number of carbonyl (C=O) groups is 1. The number of rotatable bonds is 3. The predicted octanol–water partition coefficient (Wildman–Crippen LogP) is 0.127. The van der Waals surface area contributed by atoms with Crippen molar-refractivity contribution in [2.45, 2.75) is 18.9 Å². The van der Waals surface area contributed by atoms with Crippen molar-refractivity contribution in [2.75, 3.05) is 0 Å². The number of nitrogens with two attached hydrogens (primary N) is 1. The van der Waals surface area contributed by atoms with E-state index in [4.69, 9.17) is 5.73 Å². The molecular formula is C5H10NO-. The fourth-order valence-electron chi connectivity index (χ4n) is 0.304. The summed E-state index contributed by atoms with van der Waals surface area (Å²) in [6.07, 6.45) is 2.18. The third-order valence-corrected chi connectivity index (χ3v) is 0.712. The van der Waals surface area contributed by atoms with Crippen LogP contribution in [-0.4, -0.2) is 12.3 Å². The van der Waals surface area contributed by atoms with Gasteiger partial charge in [0.15, 0.2) is 0 Å². The second-order valence-electron chi connectivity index (χ2n) is 1.44. The van der Waals surface area contributed by atoms with Gasteiger partial charge in [-0.15, -0.1) is 0 Å². The van der Waals surface area contributed by atoms with Crippen LogP contribution >= 0.6 is 0 Å². The van der Waals surface area contributed by atoms with Gasteiger partial charge in [-0.25, -0.2) is 0 Å². The van der Waals surface area contributed by atoms with E-state index in [0.29, 0.717) is 6.42 Å². The van der Waals surface area contributed by atoms with E-state index in [1.54, 1.807) is 0 Å². The minimum atomic E-state index is -0.294. The Morgan fingerprint density at radius 2 is 2.43 bits per heavy atom. The summed E-state index contributed by atoms with van der Waals surface area (Å²) < 4.78 is 0. The average Bonchev–Trinajstić information content (AvgIpc) is 1.68. The molecule has 0 radical (unpaired) electrons. The summed E-state index contributed by atoms with van der Waals surface area (Å²) >= 11 is 0. The lowest BCUT2D eigenvalue weighted by atomic mass is 10.2. The van der Waals surface area contributed by atoms with Crippen molar-refractivity contribution < 1.29 is 4.79 Å². The summed E-state index contributed by atoms with van der Waals surface area (Å²) in [5.41, 5.74) is 5.18. The Labute approximate surface area is 43.7 Å². The summed E-state index contributed by atoms with van der Waals surface area (Å²) in [5, 5.41) is 0. The van der Waals surface area contributed by atoms with Gasteiger partial charge in [-0.2, -0.15) is 6.42 Å². The summed E-state index contributed by atoms with van der Waals surface area (Å²) in [6.45, 7) is 3.53. The summed E-state index contributed by atoms with van der Waals surface area (Å²) in [7, 11) is 0. The lowest BCUT2D eigenvalue weighted by molar-refractivity contribution is -0.109. The monoisotopic (exact) mass is 100 g/mol. The molecular weight excluding hydrogens is 90.1 g/mol. The average molecular weight is 100 g/mol. The zero-order valence-electron chi connectivity index (χ0n) is 4.26. The molecule has 42 valence electrons. The maximum absolute atomic E-state index is 9.74. The molecule has 0 rings (SSSR count). The van der Waals surface area contributed by atoms with Crippen LogP contribution < -0.4 is 5.73 Å². The van der Waals surface area contributed by atoms with Crippen molar-refractivity contribution in [2.24, 2.45) is 5.73 Å². The molecule has 0 aliphatic rings. The summed E-state index contributed by atoms with van der Waals surface area (Å²) in [6, 6.07) is -0.294. The first-order chi connectivity index (χ1) is 3.31. The minimum Gasteiger partial charge on any atom is -0.343 e. The van der Waals surface area contributed by atoms with Crippen LogP contribution in [0.5, 0.6) is 0 Å². The van der Waals surface area contributed by atoms with Gasteiger partial charge < -0.3 is 17.5 Å². The van der Waals surface area contributed by atoms with E-state index in [9.17, 15) is 4.79 Å². The standard InChI is InChI=1S/C5H10NO/c1-2-3-5(6)4-7/h4-5H,1-3,6H2/q-1/t5-/m0/s1. The van der Waals surface area contributed by atoms with Crippen LogP contribution in [0.25, 0.3) is 0 Å². The van der Waals surface area contributed by atoms with Crippen molar-refractivity contribution in [1.82, 2.24) is 0 Å². The number of hydrogen-bond donors (Lipinski definition) is 1. The minimum absolute atomic E-state index is 0.294. The first kappa shape index (κ1) is 6.63. The Kier molecular flexibility index (Phi) is 3.61. The van der Waals surface area contributed by atoms with Gasteiger partial charge in [0.2, 0.25) is 0 Å². The van der Waals surface area contributed by atoms with Gasteiger partial charge in [0.1, 0.15) is 6.29 Å². The lowest BCUT2D eigenvalue weighted by Gasteiger charge is -1.99. The zero-order valence-corrected chi connectivity index (χ0v) is 4.26. The van der Waals surface area contributed by atoms with Crippen LogP contribution in [0.4, 0.5) is 0 Å². The second-order valence-corrected chi connectivity index (χ2v) is 1.44. The third-order valence-electron chi connectivity index (χ3n) is 0.712. The maximum atomic E-state index is 9.74. The highest BCUT2D eigenvalue weighted by atomic mass is 16.1. The molecule has 0 unspecified atom stereocenters. The molecule has 0 aromatic heterocycles. The number of aldehydes is 1. The van der Waals surface area contributed by atoms with Crippen molar-refractivity contribution in [1.29, 1.82) is 0 Å². The lowest BCUT2D eigenvalue weighted by Crippen LogP contribution is -2.20. The molecule has 1 atom stereocenters. The molecule has 0 saturated heterocycles. The normalized spacial score (nSPS) is 13.4. The van der Waals surface area contributed by atoms with E-state index in [2.05, 4.69) is 6.92 Å². The molecule has 0 saturated carbocycles. The van der Waals surface area contributed by atoms with Crippen molar-refractivity contribution >= 4 is 6.29 Å². The van der Waals surface area contributed by atoms with E-state index >= 15 is 0 Å². The Hall–Kier alpha value is -0.370. The molecule has 2 heteroatoms. The summed E-state index contributed by atoms with van der Waals surface area (Å²) in [5.74, 6) is 0. The highest BCUT2D eigenvalue weighted by Gasteiger charge is 1.90. The highest BCUT2D eigenvalue weighted by Crippen LogP contribution is 1.86. The molecule has 0 aromatic carbocycles. The third kappa shape index (κ3) is 3.46. The fourth-order valence-corrected chi connectivity index (χ4v) is 0.304. The number of carbonyl (C=O) groups excluding carboxylic acids is 1. The molecule has 0 spiro atoms. The quantitative estimate of drug-likeness (QED) is 0.404. The van der Waals surface area contributed by atoms with Gasteiger partial charge in [0.05, 0.1) is 6.04 Å². The predicted molar refractivity (Wildman–Crippen MR) is 28.6 cm³/mol. The second kappa shape index (κ2) is 3.81. The molecule has 2 N–H and O–H groups in total. The first-order valence-electron chi connectivity index (χ1n) is 2.31. The first-order valence-corrected chi connectivity index (χ1v) is 2.31. The summed E-state index contributed by atoms with van der Waals surface area (Å²) in [4.78, 5) is 9.74. The van der Waals surface area contributed by atoms with Crippen molar-refractivity contribution in [3.63, 3.8) is 0 Å². The Balaban J connectivity index is 2.98. The molecule has 0 aliphatic carbocycles. The van der Waals surface area contributed by atoms with E-state index in [1.165, 1.54) is 0 Å². The molecule has 0 heterocycles. The molecule has 7 heavy (non-hydrogen) atoms. The van der Waals surface area contributed by atoms with E-state index < -0.39 is 0 Å². The van der Waals surface area contributed by atoms with Crippen LogP contribution in [-0.2, 0) is 4.79 Å². The van der Waals surface area contributed by atoms with Gasteiger partial charge in [-0.05, 0) is 0 Å². The molecule has 0 amide bonds. The van der Waals surface area contributed by atoms with E-state index in [0.717, 1.165) is 12.7 Å². The zero-order chi connectivity index (χ0) is 5.70. The Morgan fingerprint density at radius 1 is 1.86 bits per heavy atom. The van der Waals surface area contributed by atoms with Crippen molar-refractivity contribution in [3.05, 3.63) is 6.92 Å². The van der Waals surface area contributed by atoms with Gasteiger partial charge in [0.25, 0.3) is 0 Å². The molecule has 0 aromatic rings. The largest absolute Gasteiger partial charge is 0.343 e. The number of hydrogen-bond acceptors (Lipinski definition) is 2. The van der Waals surface area contributed by atoms with Crippen LogP contribution in [0.2, 0.25) is 0 Å². The van der Waals surface area contributed by atoms with Crippen molar-refractivity contribution in [3.8, 4) is 0 Å². The van der Waals surface area contributed by atoms with Crippen LogP contribution in [0.15, 0.2) is 0 Å². The maximum Gasteiger partial charge on any atom is 0.136 e. The van der Waals surface area contributed by atoms with Gasteiger partial charge in [-0.1, -0.05) is 6.42 Å². The van der Waals surface area contributed by atoms with Crippen LogP contribution in [0.3, 0.4) is 0 Å². The smallest absolute Gasteiger partial charge is 0.136 e. The highest BCUT2D eigenvalue weighted by molar-refractivity contribution is 5.56. The SMILES string of the molecule is [CH2-]CC[C@H](N)C=O. The van der Waals surface area contributed by atoms with E-state index in [1.807, 2.05) is 0 Å². The molecule has 0 fully saturated rings. The Morgan fingerprint density at radius 3 is 2.57 bits per heavy atom.